The molecule has 2 fully saturated rings. The molecule has 1 unspecified atom stereocenters. The Morgan fingerprint density at radius 2 is 1.91 bits per heavy atom. The maximum atomic E-state index is 11.7. The third-order valence-corrected chi connectivity index (χ3v) is 7.39. The number of sulfonamides is 1. The van der Waals surface area contributed by atoms with E-state index in [2.05, 4.69) is 34.8 Å². The second kappa shape index (κ2) is 9.14. The van der Waals surface area contributed by atoms with Crippen molar-refractivity contribution in [3.8, 4) is 17.9 Å². The quantitative estimate of drug-likeness (QED) is 0.632. The monoisotopic (exact) mass is 450 g/mol. The molecule has 0 heterocycles. The number of allylic oxidation sites excluding steroid dienone is 4. The number of hydrogen-bond acceptors (Lipinski definition) is 4. The van der Waals surface area contributed by atoms with Crippen LogP contribution in [-0.2, 0) is 14.8 Å². The molecule has 0 spiro atoms. The van der Waals surface area contributed by atoms with E-state index in [-0.39, 0.29) is 11.3 Å². The van der Waals surface area contributed by atoms with E-state index in [9.17, 15) is 13.7 Å². The highest BCUT2D eigenvalue weighted by atomic mass is 32.2. The third kappa shape index (κ3) is 5.44. The molecule has 0 bridgehead atoms. The van der Waals surface area contributed by atoms with Gasteiger partial charge in [0.15, 0.2) is 0 Å². The fourth-order valence-corrected chi connectivity index (χ4v) is 5.16. The zero-order chi connectivity index (χ0) is 22.7. The molecule has 1 atom stereocenters. The second-order valence-corrected chi connectivity index (χ2v) is 11.1. The summed E-state index contributed by atoms with van der Waals surface area (Å²) in [6.45, 7) is 0.698. The second-order valence-electron chi connectivity index (χ2n) is 9.34. The highest BCUT2D eigenvalue weighted by Gasteiger charge is 2.47. The van der Waals surface area contributed by atoms with E-state index in [1.807, 2.05) is 24.3 Å². The van der Waals surface area contributed by atoms with Crippen LogP contribution in [-0.4, -0.2) is 26.9 Å². The smallest absolute Gasteiger partial charge is 0.229 e. The van der Waals surface area contributed by atoms with Crippen LogP contribution in [0.25, 0.3) is 0 Å². The number of nitriles is 1. The zero-order valence-corrected chi connectivity index (χ0v) is 19.3. The van der Waals surface area contributed by atoms with E-state index >= 15 is 0 Å². The first-order chi connectivity index (χ1) is 15.3. The number of anilines is 1. The highest BCUT2D eigenvalue weighted by Crippen LogP contribution is 2.49. The van der Waals surface area contributed by atoms with Crippen molar-refractivity contribution in [2.75, 3.05) is 17.6 Å². The molecule has 0 saturated heterocycles. The zero-order valence-electron chi connectivity index (χ0n) is 18.5. The van der Waals surface area contributed by atoms with Crippen LogP contribution in [0.5, 0.6) is 0 Å². The minimum atomic E-state index is -3.40. The van der Waals surface area contributed by atoms with Gasteiger partial charge in [0.1, 0.15) is 5.60 Å². The number of ether oxygens (including phenoxy) is 1. The summed E-state index contributed by atoms with van der Waals surface area (Å²) in [5.41, 5.74) is 0.117. The molecule has 1 aromatic carbocycles. The van der Waals surface area contributed by atoms with Gasteiger partial charge < -0.3 is 4.74 Å². The minimum Gasteiger partial charge on any atom is -0.362 e. The van der Waals surface area contributed by atoms with Crippen LogP contribution in [0.3, 0.4) is 0 Å². The maximum Gasteiger partial charge on any atom is 0.229 e. The molecule has 3 aliphatic rings. The Kier molecular flexibility index (Phi) is 6.47. The molecule has 168 valence electrons. The molecule has 0 aliphatic heterocycles. The molecule has 6 heteroatoms. The lowest BCUT2D eigenvalue weighted by molar-refractivity contribution is -0.0534. The van der Waals surface area contributed by atoms with Crippen LogP contribution in [0.1, 0.15) is 50.5 Å². The van der Waals surface area contributed by atoms with Crippen molar-refractivity contribution in [3.63, 3.8) is 0 Å². The fourth-order valence-electron chi connectivity index (χ4n) is 4.59. The number of nitrogens with zero attached hydrogens (tertiary/aromatic N) is 1. The Morgan fingerprint density at radius 1 is 1.16 bits per heavy atom. The van der Waals surface area contributed by atoms with Crippen LogP contribution in [0.2, 0.25) is 0 Å². The molecule has 4 rings (SSSR count). The molecule has 32 heavy (non-hydrogen) atoms. The first-order valence-corrected chi connectivity index (χ1v) is 13.2. The van der Waals surface area contributed by atoms with Gasteiger partial charge in [0.2, 0.25) is 10.0 Å². The van der Waals surface area contributed by atoms with Gasteiger partial charge in [0.25, 0.3) is 0 Å². The molecule has 0 amide bonds. The largest absolute Gasteiger partial charge is 0.362 e. The topological polar surface area (TPSA) is 79.2 Å². The predicted octanol–water partition coefficient (Wildman–Crippen LogP) is 4.79. The van der Waals surface area contributed by atoms with Crippen molar-refractivity contribution in [1.82, 2.24) is 0 Å². The number of nitrogens with one attached hydrogen (secondary N) is 1. The van der Waals surface area contributed by atoms with Gasteiger partial charge in [0.05, 0.1) is 30.0 Å². The van der Waals surface area contributed by atoms with Crippen molar-refractivity contribution in [3.05, 3.63) is 54.1 Å². The van der Waals surface area contributed by atoms with Crippen molar-refractivity contribution in [2.45, 2.75) is 50.5 Å². The Labute approximate surface area is 191 Å². The maximum absolute atomic E-state index is 11.7. The van der Waals surface area contributed by atoms with Gasteiger partial charge in [0, 0.05) is 5.56 Å². The lowest BCUT2D eigenvalue weighted by Gasteiger charge is -2.43. The molecule has 1 aromatic rings. The van der Waals surface area contributed by atoms with Crippen molar-refractivity contribution in [1.29, 1.82) is 5.26 Å². The lowest BCUT2D eigenvalue weighted by atomic mass is 9.62. The van der Waals surface area contributed by atoms with E-state index in [4.69, 9.17) is 4.74 Å². The van der Waals surface area contributed by atoms with E-state index in [1.165, 1.54) is 12.8 Å². The summed E-state index contributed by atoms with van der Waals surface area (Å²) in [5, 5.41) is 10.1. The summed E-state index contributed by atoms with van der Waals surface area (Å²) < 4.78 is 32.4. The van der Waals surface area contributed by atoms with Gasteiger partial charge >= 0.3 is 0 Å². The van der Waals surface area contributed by atoms with Crippen molar-refractivity contribution < 1.29 is 13.2 Å². The Hall–Kier alpha value is -2.54. The summed E-state index contributed by atoms with van der Waals surface area (Å²) in [6, 6.07) is 9.81. The molecule has 1 N–H and O–H groups in total. The van der Waals surface area contributed by atoms with Gasteiger partial charge in [-0.3, -0.25) is 4.72 Å². The Balaban J connectivity index is 1.58. The Morgan fingerprint density at radius 3 is 2.53 bits per heavy atom. The minimum absolute atomic E-state index is 0.228. The van der Waals surface area contributed by atoms with Crippen LogP contribution < -0.4 is 4.72 Å². The van der Waals surface area contributed by atoms with E-state index in [1.54, 1.807) is 12.1 Å². The summed E-state index contributed by atoms with van der Waals surface area (Å²) in [6.07, 6.45) is 15.7. The molecule has 3 aliphatic carbocycles. The third-order valence-electron chi connectivity index (χ3n) is 6.80. The van der Waals surface area contributed by atoms with Crippen LogP contribution in [0.15, 0.2) is 48.6 Å². The van der Waals surface area contributed by atoms with Crippen molar-refractivity contribution >= 4 is 15.7 Å². The summed E-state index contributed by atoms with van der Waals surface area (Å²) in [4.78, 5) is 0. The number of para-hydroxylation sites is 1. The van der Waals surface area contributed by atoms with Gasteiger partial charge in [-0.2, -0.15) is 5.26 Å². The standard InChI is InChI=1S/C26H30N2O3S/c1-32(29,30)28-24-10-6-5-7-22(24)13-14-26(31-19-21-11-12-21)17-15-25(20-27,16-18-26)23-8-3-2-4-9-23/h2-8,10,21,23,28H,9,11-12,15-19H2,1H3. The fraction of sp³-hybridized carbons (Fsp3) is 0.500. The van der Waals surface area contributed by atoms with E-state index in [0.29, 0.717) is 36.6 Å². The summed E-state index contributed by atoms with van der Waals surface area (Å²) in [5.74, 6) is 7.42. The number of rotatable bonds is 6. The number of benzene rings is 1. The highest BCUT2D eigenvalue weighted by molar-refractivity contribution is 7.92. The molecule has 5 nitrogen and oxygen atoms in total. The van der Waals surface area contributed by atoms with Gasteiger partial charge in [-0.25, -0.2) is 8.42 Å². The molecule has 2 saturated carbocycles. The van der Waals surface area contributed by atoms with E-state index < -0.39 is 15.6 Å². The van der Waals surface area contributed by atoms with E-state index in [0.717, 1.165) is 25.5 Å². The van der Waals surface area contributed by atoms with Crippen LogP contribution >= 0.6 is 0 Å². The first-order valence-electron chi connectivity index (χ1n) is 11.3. The Bertz CT molecular complexity index is 1110. The summed E-state index contributed by atoms with van der Waals surface area (Å²) >= 11 is 0. The molecule has 0 aromatic heterocycles. The normalized spacial score (nSPS) is 29.6. The summed E-state index contributed by atoms with van der Waals surface area (Å²) in [7, 11) is -3.40. The first kappa shape index (κ1) is 22.6. The van der Waals surface area contributed by atoms with Crippen LogP contribution in [0.4, 0.5) is 5.69 Å². The molecule has 0 radical (unpaired) electrons. The predicted molar refractivity (Wildman–Crippen MR) is 126 cm³/mol. The average Bonchev–Trinajstić information content (AvgIpc) is 3.62. The number of hydrogen-bond donors (Lipinski definition) is 1. The average molecular weight is 451 g/mol. The van der Waals surface area contributed by atoms with Crippen molar-refractivity contribution in [2.24, 2.45) is 17.3 Å². The van der Waals surface area contributed by atoms with Crippen LogP contribution in [0, 0.1) is 40.4 Å². The SMILES string of the molecule is CS(=O)(=O)Nc1ccccc1C#CC1(OCC2CC2)CCC(C#N)(C2C=CC=CC2)CC1. The van der Waals surface area contributed by atoms with Gasteiger partial charge in [-0.15, -0.1) is 0 Å². The lowest BCUT2D eigenvalue weighted by Crippen LogP contribution is -2.43. The van der Waals surface area contributed by atoms with Gasteiger partial charge in [-0.1, -0.05) is 48.3 Å². The molecular formula is C26H30N2O3S. The molecular weight excluding hydrogens is 420 g/mol. The van der Waals surface area contributed by atoms with Gasteiger partial charge in [-0.05, 0) is 68.9 Å².